The molecule has 0 amide bonds. The SMILES string of the molecule is Cc1ccc(Oc2ccc(Br)cc2C(=O)O)c(Br)c1. The van der Waals surface area contributed by atoms with Crippen LogP contribution in [-0.4, -0.2) is 11.1 Å². The lowest BCUT2D eigenvalue weighted by molar-refractivity contribution is 0.0694. The van der Waals surface area contributed by atoms with E-state index in [0.717, 1.165) is 10.0 Å². The molecule has 3 nitrogen and oxygen atoms in total. The predicted molar refractivity (Wildman–Crippen MR) is 80.1 cm³/mol. The van der Waals surface area contributed by atoms with Crippen molar-refractivity contribution < 1.29 is 14.6 Å². The lowest BCUT2D eigenvalue weighted by atomic mass is 10.2. The van der Waals surface area contributed by atoms with Crippen LogP contribution >= 0.6 is 31.9 Å². The standard InChI is InChI=1S/C14H10Br2O3/c1-8-2-4-13(11(16)6-8)19-12-5-3-9(15)7-10(12)14(17)18/h2-7H,1H3,(H,17,18). The Kier molecular flexibility index (Phi) is 4.27. The molecule has 2 rings (SSSR count). The van der Waals surface area contributed by atoms with Gasteiger partial charge in [-0.2, -0.15) is 0 Å². The van der Waals surface area contributed by atoms with Crippen LogP contribution in [0.15, 0.2) is 45.3 Å². The highest BCUT2D eigenvalue weighted by Crippen LogP contribution is 2.33. The first-order chi connectivity index (χ1) is 8.97. The summed E-state index contributed by atoms with van der Waals surface area (Å²) in [6.07, 6.45) is 0. The van der Waals surface area contributed by atoms with Gasteiger partial charge in [-0.25, -0.2) is 4.79 Å². The summed E-state index contributed by atoms with van der Waals surface area (Å²) < 4.78 is 7.14. The fourth-order valence-electron chi connectivity index (χ4n) is 1.57. The highest BCUT2D eigenvalue weighted by molar-refractivity contribution is 9.10. The van der Waals surface area contributed by atoms with E-state index in [1.165, 1.54) is 6.07 Å². The van der Waals surface area contributed by atoms with Crippen LogP contribution < -0.4 is 4.74 Å². The van der Waals surface area contributed by atoms with Crippen LogP contribution in [0.4, 0.5) is 0 Å². The third-order valence-electron chi connectivity index (χ3n) is 2.48. The van der Waals surface area contributed by atoms with Crippen LogP contribution in [0, 0.1) is 6.92 Å². The summed E-state index contributed by atoms with van der Waals surface area (Å²) in [4.78, 5) is 11.2. The smallest absolute Gasteiger partial charge is 0.339 e. The first kappa shape index (κ1) is 14.1. The van der Waals surface area contributed by atoms with Gasteiger partial charge in [0.15, 0.2) is 0 Å². The van der Waals surface area contributed by atoms with Gasteiger partial charge in [0, 0.05) is 4.47 Å². The Morgan fingerprint density at radius 3 is 2.42 bits per heavy atom. The highest BCUT2D eigenvalue weighted by Gasteiger charge is 2.13. The van der Waals surface area contributed by atoms with Gasteiger partial charge in [0.2, 0.25) is 0 Å². The molecule has 0 saturated carbocycles. The molecule has 0 saturated heterocycles. The van der Waals surface area contributed by atoms with Gasteiger partial charge in [-0.3, -0.25) is 0 Å². The van der Waals surface area contributed by atoms with Crippen LogP contribution in [-0.2, 0) is 0 Å². The second-order valence-electron chi connectivity index (χ2n) is 3.98. The molecule has 2 aromatic carbocycles. The second-order valence-corrected chi connectivity index (χ2v) is 5.75. The topological polar surface area (TPSA) is 46.5 Å². The maximum atomic E-state index is 11.2. The summed E-state index contributed by atoms with van der Waals surface area (Å²) in [5.41, 5.74) is 1.20. The van der Waals surface area contributed by atoms with Crippen molar-refractivity contribution in [2.75, 3.05) is 0 Å². The van der Waals surface area contributed by atoms with Gasteiger partial charge in [0.25, 0.3) is 0 Å². The van der Waals surface area contributed by atoms with Gasteiger partial charge < -0.3 is 9.84 Å². The minimum absolute atomic E-state index is 0.113. The number of benzene rings is 2. The largest absolute Gasteiger partial charge is 0.478 e. The fraction of sp³-hybridized carbons (Fsp3) is 0.0714. The number of carboxylic acids is 1. The van der Waals surface area contributed by atoms with E-state index in [9.17, 15) is 4.79 Å². The van der Waals surface area contributed by atoms with E-state index < -0.39 is 5.97 Å². The molecule has 0 aliphatic carbocycles. The lowest BCUT2D eigenvalue weighted by Gasteiger charge is -2.11. The van der Waals surface area contributed by atoms with Crippen LogP contribution in [0.1, 0.15) is 15.9 Å². The van der Waals surface area contributed by atoms with Crippen LogP contribution in [0.3, 0.4) is 0 Å². The van der Waals surface area contributed by atoms with Crippen molar-refractivity contribution in [1.29, 1.82) is 0 Å². The zero-order valence-corrected chi connectivity index (χ0v) is 13.2. The van der Waals surface area contributed by atoms with Crippen LogP contribution in [0.25, 0.3) is 0 Å². The van der Waals surface area contributed by atoms with E-state index >= 15 is 0 Å². The Hall–Kier alpha value is -1.33. The number of hydrogen-bond donors (Lipinski definition) is 1. The highest BCUT2D eigenvalue weighted by atomic mass is 79.9. The van der Waals surface area contributed by atoms with Crippen molar-refractivity contribution in [2.24, 2.45) is 0 Å². The van der Waals surface area contributed by atoms with E-state index in [1.807, 2.05) is 19.1 Å². The van der Waals surface area contributed by atoms with Gasteiger partial charge in [-0.1, -0.05) is 22.0 Å². The van der Waals surface area contributed by atoms with E-state index in [-0.39, 0.29) is 5.56 Å². The summed E-state index contributed by atoms with van der Waals surface area (Å²) >= 11 is 6.64. The normalized spacial score (nSPS) is 10.3. The molecule has 0 aliphatic rings. The lowest BCUT2D eigenvalue weighted by Crippen LogP contribution is -2.00. The average Bonchev–Trinajstić information content (AvgIpc) is 2.34. The number of aromatic carboxylic acids is 1. The quantitative estimate of drug-likeness (QED) is 0.807. The molecule has 0 aromatic heterocycles. The molecule has 0 fully saturated rings. The van der Waals surface area contributed by atoms with Crippen molar-refractivity contribution in [3.63, 3.8) is 0 Å². The van der Waals surface area contributed by atoms with Crippen LogP contribution in [0.2, 0.25) is 0 Å². The van der Waals surface area contributed by atoms with Gasteiger partial charge in [0.05, 0.1) is 4.47 Å². The van der Waals surface area contributed by atoms with Crippen molar-refractivity contribution >= 4 is 37.8 Å². The van der Waals surface area contributed by atoms with Crippen LogP contribution in [0.5, 0.6) is 11.5 Å². The zero-order chi connectivity index (χ0) is 14.0. The summed E-state index contributed by atoms with van der Waals surface area (Å²) in [5.74, 6) is -0.143. The van der Waals surface area contributed by atoms with Crippen molar-refractivity contribution in [3.05, 3.63) is 56.5 Å². The number of hydrogen-bond acceptors (Lipinski definition) is 2. The molecule has 98 valence electrons. The predicted octanol–water partition coefficient (Wildman–Crippen LogP) is 5.01. The van der Waals surface area contributed by atoms with Crippen molar-refractivity contribution in [2.45, 2.75) is 6.92 Å². The molecule has 1 N–H and O–H groups in total. The number of ether oxygens (including phenoxy) is 1. The molecular weight excluding hydrogens is 376 g/mol. The Bertz CT molecular complexity index is 639. The Morgan fingerprint density at radius 2 is 1.79 bits per heavy atom. The molecule has 0 atom stereocenters. The molecule has 0 heterocycles. The third-order valence-corrected chi connectivity index (χ3v) is 3.59. The monoisotopic (exact) mass is 384 g/mol. The maximum Gasteiger partial charge on any atom is 0.339 e. The number of carboxylic acid groups (broad SMARTS) is 1. The maximum absolute atomic E-state index is 11.2. The zero-order valence-electron chi connectivity index (χ0n) is 9.98. The van der Waals surface area contributed by atoms with E-state index in [1.54, 1.807) is 18.2 Å². The summed E-state index contributed by atoms with van der Waals surface area (Å²) in [7, 11) is 0. The third kappa shape index (κ3) is 3.36. The number of rotatable bonds is 3. The first-order valence-corrected chi connectivity index (χ1v) is 7.03. The average molecular weight is 386 g/mol. The summed E-state index contributed by atoms with van der Waals surface area (Å²) in [6.45, 7) is 1.97. The summed E-state index contributed by atoms with van der Waals surface area (Å²) in [5, 5.41) is 9.17. The Morgan fingerprint density at radius 1 is 1.11 bits per heavy atom. The molecule has 0 bridgehead atoms. The molecule has 0 spiro atoms. The second kappa shape index (κ2) is 5.75. The van der Waals surface area contributed by atoms with Gasteiger partial charge in [-0.15, -0.1) is 0 Å². The molecule has 0 aliphatic heterocycles. The Labute approximate surface area is 127 Å². The number of carbonyl (C=O) groups is 1. The van der Waals surface area contributed by atoms with Gasteiger partial charge in [-0.05, 0) is 58.7 Å². The molecule has 2 aromatic rings. The van der Waals surface area contributed by atoms with Crippen molar-refractivity contribution in [1.82, 2.24) is 0 Å². The minimum atomic E-state index is -1.03. The molecule has 5 heteroatoms. The van der Waals surface area contributed by atoms with Gasteiger partial charge in [0.1, 0.15) is 17.1 Å². The number of aryl methyl sites for hydroxylation is 1. The van der Waals surface area contributed by atoms with E-state index in [0.29, 0.717) is 16.0 Å². The van der Waals surface area contributed by atoms with E-state index in [2.05, 4.69) is 31.9 Å². The number of halogens is 2. The van der Waals surface area contributed by atoms with Gasteiger partial charge >= 0.3 is 5.97 Å². The first-order valence-electron chi connectivity index (χ1n) is 5.44. The fourth-order valence-corrected chi connectivity index (χ4v) is 2.50. The molecule has 0 unspecified atom stereocenters. The molecule has 0 radical (unpaired) electrons. The molecular formula is C14H10Br2O3. The minimum Gasteiger partial charge on any atom is -0.478 e. The summed E-state index contributed by atoms with van der Waals surface area (Å²) in [6, 6.07) is 10.5. The van der Waals surface area contributed by atoms with Crippen molar-refractivity contribution in [3.8, 4) is 11.5 Å². The molecule has 19 heavy (non-hydrogen) atoms. The Balaban J connectivity index is 2.40. The van der Waals surface area contributed by atoms with E-state index in [4.69, 9.17) is 9.84 Å².